The normalized spacial score (nSPS) is 11.7. The number of carbonyl (C=O) groups is 3. The summed E-state index contributed by atoms with van der Waals surface area (Å²) < 4.78 is 5.22. The molecule has 6 nitrogen and oxygen atoms in total. The molecule has 0 bridgehead atoms. The Morgan fingerprint density at radius 2 is 1.59 bits per heavy atom. The molecule has 0 aliphatic heterocycles. The van der Waals surface area contributed by atoms with E-state index in [0.717, 1.165) is 0 Å². The summed E-state index contributed by atoms with van der Waals surface area (Å²) >= 11 is 5.83. The van der Waals surface area contributed by atoms with E-state index in [1.165, 1.54) is 25.1 Å². The molecule has 0 aromatic heterocycles. The number of rotatable bonds is 6. The van der Waals surface area contributed by atoms with E-state index in [1.54, 1.807) is 38.1 Å². The first-order valence-electron chi connectivity index (χ1n) is 8.40. The molecule has 27 heavy (non-hydrogen) atoms. The zero-order valence-corrected chi connectivity index (χ0v) is 16.0. The molecular formula is C20H21ClN2O4. The van der Waals surface area contributed by atoms with Gasteiger partial charge in [-0.3, -0.25) is 9.59 Å². The number of nitrogens with one attached hydrogen (secondary N) is 1. The number of hydrogen-bond acceptors (Lipinski definition) is 5. The molecule has 0 aliphatic carbocycles. The number of ketones is 1. The maximum atomic E-state index is 12.5. The van der Waals surface area contributed by atoms with Crippen LogP contribution in [0, 0.1) is 5.92 Å². The number of amides is 1. The maximum absolute atomic E-state index is 12.5. The summed E-state index contributed by atoms with van der Waals surface area (Å²) in [5, 5.41) is 3.08. The van der Waals surface area contributed by atoms with Crippen molar-refractivity contribution in [2.45, 2.75) is 26.9 Å². The van der Waals surface area contributed by atoms with Crippen molar-refractivity contribution in [3.05, 3.63) is 58.6 Å². The van der Waals surface area contributed by atoms with Crippen molar-refractivity contribution in [1.82, 2.24) is 0 Å². The quantitative estimate of drug-likeness (QED) is 0.443. The van der Waals surface area contributed by atoms with Crippen LogP contribution in [0.4, 0.5) is 11.4 Å². The lowest BCUT2D eigenvalue weighted by Crippen LogP contribution is -2.24. The van der Waals surface area contributed by atoms with Crippen molar-refractivity contribution in [3.63, 3.8) is 0 Å². The summed E-state index contributed by atoms with van der Waals surface area (Å²) in [4.78, 5) is 36.3. The SMILES string of the molecule is CC(C)C(=O)Nc1ccc(C(=O)C(C)OC(=O)c2ccc(Cl)c(N)c2)cc1. The molecule has 1 unspecified atom stereocenters. The largest absolute Gasteiger partial charge is 0.451 e. The lowest BCUT2D eigenvalue weighted by Gasteiger charge is -2.13. The molecule has 0 saturated carbocycles. The van der Waals surface area contributed by atoms with E-state index in [0.29, 0.717) is 16.3 Å². The Morgan fingerprint density at radius 3 is 2.15 bits per heavy atom. The maximum Gasteiger partial charge on any atom is 0.338 e. The first kappa shape index (κ1) is 20.5. The topological polar surface area (TPSA) is 98.5 Å². The minimum absolute atomic E-state index is 0.112. The number of anilines is 2. The van der Waals surface area contributed by atoms with E-state index in [4.69, 9.17) is 22.1 Å². The first-order chi connectivity index (χ1) is 12.7. The fourth-order valence-electron chi connectivity index (χ4n) is 2.19. The number of nitrogen functional groups attached to an aromatic ring is 1. The molecule has 0 fully saturated rings. The van der Waals surface area contributed by atoms with Crippen LogP contribution in [0.15, 0.2) is 42.5 Å². The Labute approximate surface area is 162 Å². The summed E-state index contributed by atoms with van der Waals surface area (Å²) in [6.07, 6.45) is -0.981. The van der Waals surface area contributed by atoms with Crippen LogP contribution in [0.3, 0.4) is 0 Å². The number of hydrogen-bond donors (Lipinski definition) is 2. The number of benzene rings is 2. The molecule has 0 spiro atoms. The molecule has 3 N–H and O–H groups in total. The van der Waals surface area contributed by atoms with Crippen molar-refractivity contribution in [2.24, 2.45) is 5.92 Å². The lowest BCUT2D eigenvalue weighted by molar-refractivity contribution is -0.118. The van der Waals surface area contributed by atoms with Crippen molar-refractivity contribution < 1.29 is 19.1 Å². The van der Waals surface area contributed by atoms with Gasteiger partial charge in [0, 0.05) is 17.2 Å². The molecule has 142 valence electrons. The molecule has 1 amide bonds. The summed E-state index contributed by atoms with van der Waals surface area (Å²) in [7, 11) is 0. The van der Waals surface area contributed by atoms with E-state index in [2.05, 4.69) is 5.32 Å². The van der Waals surface area contributed by atoms with Gasteiger partial charge in [0.05, 0.1) is 16.3 Å². The molecular weight excluding hydrogens is 368 g/mol. The van der Waals surface area contributed by atoms with Gasteiger partial charge in [0.15, 0.2) is 6.10 Å². The van der Waals surface area contributed by atoms with Gasteiger partial charge in [-0.15, -0.1) is 0 Å². The Kier molecular flexibility index (Phi) is 6.58. The fourth-order valence-corrected chi connectivity index (χ4v) is 2.31. The molecule has 0 heterocycles. The van der Waals surface area contributed by atoms with E-state index in [1.807, 2.05) is 0 Å². The third kappa shape index (κ3) is 5.31. The number of nitrogens with two attached hydrogens (primary N) is 1. The highest BCUT2D eigenvalue weighted by atomic mass is 35.5. The van der Waals surface area contributed by atoms with Gasteiger partial charge < -0.3 is 15.8 Å². The van der Waals surface area contributed by atoms with Crippen molar-refractivity contribution in [2.75, 3.05) is 11.1 Å². The predicted molar refractivity (Wildman–Crippen MR) is 105 cm³/mol. The summed E-state index contributed by atoms with van der Waals surface area (Å²) in [5.41, 5.74) is 7.09. The molecule has 7 heteroatoms. The number of halogens is 1. The van der Waals surface area contributed by atoms with Gasteiger partial charge in [-0.25, -0.2) is 4.79 Å². The van der Waals surface area contributed by atoms with Gasteiger partial charge in [0.1, 0.15) is 0 Å². The second-order valence-corrected chi connectivity index (χ2v) is 6.78. The minimum Gasteiger partial charge on any atom is -0.451 e. The third-order valence-corrected chi connectivity index (χ3v) is 4.19. The highest BCUT2D eigenvalue weighted by molar-refractivity contribution is 6.33. The van der Waals surface area contributed by atoms with Crippen LogP contribution in [0.1, 0.15) is 41.5 Å². The zero-order valence-electron chi connectivity index (χ0n) is 15.3. The number of carbonyl (C=O) groups excluding carboxylic acids is 3. The summed E-state index contributed by atoms with van der Waals surface area (Å²) in [6.45, 7) is 5.07. The molecule has 0 radical (unpaired) electrons. The van der Waals surface area contributed by atoms with Crippen molar-refractivity contribution in [3.8, 4) is 0 Å². The molecule has 2 aromatic rings. The van der Waals surface area contributed by atoms with E-state index in [9.17, 15) is 14.4 Å². The van der Waals surface area contributed by atoms with Crippen LogP contribution in [0.25, 0.3) is 0 Å². The van der Waals surface area contributed by atoms with Gasteiger partial charge in [0.2, 0.25) is 11.7 Å². The Morgan fingerprint density at radius 1 is 1.00 bits per heavy atom. The average molecular weight is 389 g/mol. The van der Waals surface area contributed by atoms with Gasteiger partial charge in [-0.1, -0.05) is 25.4 Å². The monoisotopic (exact) mass is 388 g/mol. The summed E-state index contributed by atoms with van der Waals surface area (Å²) in [5.74, 6) is -1.28. The zero-order chi connectivity index (χ0) is 20.1. The van der Waals surface area contributed by atoms with Crippen LogP contribution in [0.2, 0.25) is 5.02 Å². The van der Waals surface area contributed by atoms with Gasteiger partial charge >= 0.3 is 5.97 Å². The Balaban J connectivity index is 2.02. The van der Waals surface area contributed by atoms with Crippen molar-refractivity contribution in [1.29, 1.82) is 0 Å². The number of esters is 1. The van der Waals surface area contributed by atoms with Crippen molar-refractivity contribution >= 4 is 40.6 Å². The van der Waals surface area contributed by atoms with Gasteiger partial charge in [-0.2, -0.15) is 0 Å². The minimum atomic E-state index is -0.981. The Hall–Kier alpha value is -2.86. The van der Waals surface area contributed by atoms with E-state index >= 15 is 0 Å². The smallest absolute Gasteiger partial charge is 0.338 e. The van der Waals surface area contributed by atoms with E-state index < -0.39 is 12.1 Å². The predicted octanol–water partition coefficient (Wildman–Crippen LogP) is 3.94. The lowest BCUT2D eigenvalue weighted by atomic mass is 10.1. The average Bonchev–Trinajstić information content (AvgIpc) is 2.63. The van der Waals surface area contributed by atoms with Crippen LogP contribution >= 0.6 is 11.6 Å². The van der Waals surface area contributed by atoms with Crippen LogP contribution in [-0.2, 0) is 9.53 Å². The highest BCUT2D eigenvalue weighted by Crippen LogP contribution is 2.21. The fraction of sp³-hybridized carbons (Fsp3) is 0.250. The number of Topliss-reactive ketones (excluding diaryl/α,β-unsaturated/α-hetero) is 1. The van der Waals surface area contributed by atoms with Crippen LogP contribution in [-0.4, -0.2) is 23.8 Å². The van der Waals surface area contributed by atoms with E-state index in [-0.39, 0.29) is 28.9 Å². The van der Waals surface area contributed by atoms with Crippen LogP contribution in [0.5, 0.6) is 0 Å². The Bertz CT molecular complexity index is 863. The third-order valence-electron chi connectivity index (χ3n) is 3.85. The van der Waals surface area contributed by atoms with Gasteiger partial charge in [0.25, 0.3) is 0 Å². The molecule has 2 aromatic carbocycles. The van der Waals surface area contributed by atoms with Gasteiger partial charge in [-0.05, 0) is 49.4 Å². The molecule has 2 rings (SSSR count). The standard InChI is InChI=1S/C20H21ClN2O4/c1-11(2)19(25)23-15-7-4-13(5-8-15)18(24)12(3)27-20(26)14-6-9-16(21)17(22)10-14/h4-12H,22H2,1-3H3,(H,23,25). The van der Waals surface area contributed by atoms with Crippen LogP contribution < -0.4 is 11.1 Å². The molecule has 0 aliphatic rings. The second-order valence-electron chi connectivity index (χ2n) is 6.37. The second kappa shape index (κ2) is 8.68. The first-order valence-corrected chi connectivity index (χ1v) is 8.78. The summed E-state index contributed by atoms with van der Waals surface area (Å²) in [6, 6.07) is 10.8. The molecule has 1 atom stereocenters. The molecule has 0 saturated heterocycles. The highest BCUT2D eigenvalue weighted by Gasteiger charge is 2.21. The number of ether oxygens (including phenoxy) is 1.